The van der Waals surface area contributed by atoms with Crippen LogP contribution in [0.15, 0.2) is 42.5 Å². The molecular formula is C24H34N2O2. The van der Waals surface area contributed by atoms with Crippen molar-refractivity contribution in [2.75, 3.05) is 39.3 Å². The number of β-amino-alcohol motifs (C(OH)–C–C–N with tert-alkyl or cyclic N) is 1. The van der Waals surface area contributed by atoms with Crippen LogP contribution in [0.25, 0.3) is 0 Å². The first-order chi connectivity index (χ1) is 13.5. The second-order valence-corrected chi connectivity index (χ2v) is 8.03. The predicted molar refractivity (Wildman–Crippen MR) is 115 cm³/mol. The summed E-state index contributed by atoms with van der Waals surface area (Å²) >= 11 is 0. The number of ether oxygens (including phenoxy) is 1. The van der Waals surface area contributed by atoms with Gasteiger partial charge in [-0.25, -0.2) is 0 Å². The van der Waals surface area contributed by atoms with Gasteiger partial charge < -0.3 is 9.84 Å². The number of hydrogen-bond acceptors (Lipinski definition) is 4. The molecule has 0 amide bonds. The summed E-state index contributed by atoms with van der Waals surface area (Å²) in [6, 6.07) is 14.9. The van der Waals surface area contributed by atoms with Gasteiger partial charge in [0.2, 0.25) is 0 Å². The van der Waals surface area contributed by atoms with Crippen LogP contribution in [-0.2, 0) is 6.54 Å². The molecular weight excluding hydrogens is 348 g/mol. The van der Waals surface area contributed by atoms with Gasteiger partial charge in [0, 0.05) is 26.2 Å². The quantitative estimate of drug-likeness (QED) is 0.794. The SMILES string of the molecule is Cc1ccc(C)c(OCC(O)CN2CCCN(Cc3ccccc3)CC2)c1C. The van der Waals surface area contributed by atoms with Gasteiger partial charge in [-0.2, -0.15) is 0 Å². The van der Waals surface area contributed by atoms with Crippen molar-refractivity contribution in [3.05, 3.63) is 64.7 Å². The van der Waals surface area contributed by atoms with E-state index >= 15 is 0 Å². The van der Waals surface area contributed by atoms with Crippen molar-refractivity contribution >= 4 is 0 Å². The Bertz CT molecular complexity index is 748. The monoisotopic (exact) mass is 382 g/mol. The summed E-state index contributed by atoms with van der Waals surface area (Å²) in [6.07, 6.45) is 0.663. The van der Waals surface area contributed by atoms with Gasteiger partial charge in [-0.15, -0.1) is 0 Å². The third-order valence-corrected chi connectivity index (χ3v) is 5.69. The van der Waals surface area contributed by atoms with Gasteiger partial charge >= 0.3 is 0 Å². The van der Waals surface area contributed by atoms with Gasteiger partial charge in [-0.3, -0.25) is 9.80 Å². The molecule has 28 heavy (non-hydrogen) atoms. The summed E-state index contributed by atoms with van der Waals surface area (Å²) in [5.74, 6) is 0.920. The van der Waals surface area contributed by atoms with E-state index in [1.165, 1.54) is 16.7 Å². The first-order valence-corrected chi connectivity index (χ1v) is 10.4. The summed E-state index contributed by atoms with van der Waals surface area (Å²) in [5, 5.41) is 10.5. The molecule has 0 saturated carbocycles. The Morgan fingerprint density at radius 1 is 0.893 bits per heavy atom. The van der Waals surface area contributed by atoms with E-state index in [9.17, 15) is 5.11 Å². The summed E-state index contributed by atoms with van der Waals surface area (Å²) in [5.41, 5.74) is 4.88. The minimum Gasteiger partial charge on any atom is -0.490 e. The van der Waals surface area contributed by atoms with Gasteiger partial charge in [0.15, 0.2) is 0 Å². The Kier molecular flexibility index (Phi) is 7.49. The normalized spacial score (nSPS) is 17.3. The van der Waals surface area contributed by atoms with E-state index in [1.807, 2.05) is 0 Å². The first-order valence-electron chi connectivity index (χ1n) is 10.4. The van der Waals surface area contributed by atoms with Crippen LogP contribution in [0.1, 0.15) is 28.7 Å². The van der Waals surface area contributed by atoms with Crippen molar-refractivity contribution < 1.29 is 9.84 Å². The van der Waals surface area contributed by atoms with Crippen molar-refractivity contribution in [2.24, 2.45) is 0 Å². The van der Waals surface area contributed by atoms with Gasteiger partial charge in [-0.1, -0.05) is 42.5 Å². The molecule has 0 aromatic heterocycles. The fraction of sp³-hybridized carbons (Fsp3) is 0.500. The largest absolute Gasteiger partial charge is 0.490 e. The number of benzene rings is 2. The van der Waals surface area contributed by atoms with Crippen LogP contribution in [0.2, 0.25) is 0 Å². The van der Waals surface area contributed by atoms with E-state index in [4.69, 9.17) is 4.74 Å². The molecule has 0 bridgehead atoms. The standard InChI is InChI=1S/C24H34N2O2/c1-19-10-11-20(2)24(21(19)3)28-18-23(27)17-26-13-7-12-25(14-15-26)16-22-8-5-4-6-9-22/h4-6,8-11,23,27H,7,12-18H2,1-3H3. The summed E-state index contributed by atoms with van der Waals surface area (Å²) in [4.78, 5) is 4.88. The number of rotatable bonds is 7. The lowest BCUT2D eigenvalue weighted by atomic mass is 10.1. The highest BCUT2D eigenvalue weighted by atomic mass is 16.5. The average molecular weight is 383 g/mol. The van der Waals surface area contributed by atoms with Gasteiger partial charge in [0.25, 0.3) is 0 Å². The van der Waals surface area contributed by atoms with Gasteiger partial charge in [0.05, 0.1) is 0 Å². The molecule has 2 aromatic rings. The highest BCUT2D eigenvalue weighted by molar-refractivity contribution is 5.44. The third-order valence-electron chi connectivity index (χ3n) is 5.69. The fourth-order valence-electron chi connectivity index (χ4n) is 3.88. The maximum atomic E-state index is 10.5. The van der Waals surface area contributed by atoms with Crippen LogP contribution in [0.5, 0.6) is 5.75 Å². The summed E-state index contributed by atoms with van der Waals surface area (Å²) < 4.78 is 6.00. The molecule has 4 nitrogen and oxygen atoms in total. The van der Waals surface area contributed by atoms with Crippen LogP contribution >= 0.6 is 0 Å². The molecule has 152 valence electrons. The van der Waals surface area contributed by atoms with Crippen LogP contribution in [0.3, 0.4) is 0 Å². The predicted octanol–water partition coefficient (Wildman–Crippen LogP) is 3.56. The molecule has 1 fully saturated rings. The number of nitrogens with zero attached hydrogens (tertiary/aromatic N) is 2. The van der Waals surface area contributed by atoms with Crippen molar-refractivity contribution in [3.63, 3.8) is 0 Å². The van der Waals surface area contributed by atoms with Gasteiger partial charge in [-0.05, 0) is 62.5 Å². The van der Waals surface area contributed by atoms with Gasteiger partial charge in [0.1, 0.15) is 18.5 Å². The Hall–Kier alpha value is -1.88. The van der Waals surface area contributed by atoms with E-state index in [-0.39, 0.29) is 0 Å². The molecule has 1 aliphatic heterocycles. The lowest BCUT2D eigenvalue weighted by Gasteiger charge is -2.24. The van der Waals surface area contributed by atoms with Crippen LogP contribution < -0.4 is 4.74 Å². The van der Waals surface area contributed by atoms with E-state index in [2.05, 4.69) is 73.0 Å². The Labute approximate surface area is 169 Å². The highest BCUT2D eigenvalue weighted by Crippen LogP contribution is 2.25. The molecule has 1 saturated heterocycles. The second kappa shape index (κ2) is 10.1. The number of aliphatic hydroxyl groups excluding tert-OH is 1. The molecule has 0 spiro atoms. The smallest absolute Gasteiger partial charge is 0.125 e. The maximum Gasteiger partial charge on any atom is 0.125 e. The van der Waals surface area contributed by atoms with E-state index < -0.39 is 6.10 Å². The Morgan fingerprint density at radius 3 is 2.36 bits per heavy atom. The topological polar surface area (TPSA) is 35.9 Å². The highest BCUT2D eigenvalue weighted by Gasteiger charge is 2.18. The molecule has 1 N–H and O–H groups in total. The van der Waals surface area contributed by atoms with Crippen molar-refractivity contribution in [1.82, 2.24) is 9.80 Å². The average Bonchev–Trinajstić information content (AvgIpc) is 2.91. The second-order valence-electron chi connectivity index (χ2n) is 8.03. The van der Waals surface area contributed by atoms with E-state index in [0.29, 0.717) is 13.2 Å². The number of hydrogen-bond donors (Lipinski definition) is 1. The zero-order valence-electron chi connectivity index (χ0n) is 17.5. The Morgan fingerprint density at radius 2 is 1.57 bits per heavy atom. The molecule has 1 unspecified atom stereocenters. The van der Waals surface area contributed by atoms with E-state index in [0.717, 1.165) is 50.5 Å². The molecule has 4 heteroatoms. The Balaban J connectivity index is 1.46. The van der Waals surface area contributed by atoms with Crippen molar-refractivity contribution in [3.8, 4) is 5.75 Å². The lowest BCUT2D eigenvalue weighted by Crippen LogP contribution is -2.38. The van der Waals surface area contributed by atoms with Crippen LogP contribution in [0.4, 0.5) is 0 Å². The number of aryl methyl sites for hydroxylation is 2. The van der Waals surface area contributed by atoms with Crippen molar-refractivity contribution in [2.45, 2.75) is 39.8 Å². The molecule has 3 rings (SSSR count). The molecule has 0 aliphatic carbocycles. The molecule has 0 radical (unpaired) electrons. The molecule has 1 atom stereocenters. The number of aliphatic hydroxyl groups is 1. The van der Waals surface area contributed by atoms with Crippen molar-refractivity contribution in [1.29, 1.82) is 0 Å². The minimum atomic E-state index is -0.472. The fourth-order valence-corrected chi connectivity index (χ4v) is 3.88. The first kappa shape index (κ1) is 20.8. The molecule has 1 heterocycles. The molecule has 2 aromatic carbocycles. The summed E-state index contributed by atoms with van der Waals surface area (Å²) in [6.45, 7) is 12.4. The third kappa shape index (κ3) is 5.81. The zero-order valence-corrected chi connectivity index (χ0v) is 17.5. The van der Waals surface area contributed by atoms with Crippen LogP contribution in [0, 0.1) is 20.8 Å². The van der Waals surface area contributed by atoms with Crippen LogP contribution in [-0.4, -0.2) is 60.3 Å². The maximum absolute atomic E-state index is 10.5. The molecule has 1 aliphatic rings. The minimum absolute atomic E-state index is 0.343. The summed E-state index contributed by atoms with van der Waals surface area (Å²) in [7, 11) is 0. The van der Waals surface area contributed by atoms with E-state index in [1.54, 1.807) is 0 Å². The zero-order chi connectivity index (χ0) is 19.9. The lowest BCUT2D eigenvalue weighted by molar-refractivity contribution is 0.0688.